The van der Waals surface area contributed by atoms with Crippen LogP contribution in [0, 0.1) is 0 Å². The van der Waals surface area contributed by atoms with Gasteiger partial charge in [0.05, 0.1) is 25.9 Å². The maximum absolute atomic E-state index is 12.1. The first-order chi connectivity index (χ1) is 12.6. The fraction of sp³-hybridized carbons (Fsp3) is 0.263. The van der Waals surface area contributed by atoms with Crippen molar-refractivity contribution in [3.63, 3.8) is 0 Å². The predicted octanol–water partition coefficient (Wildman–Crippen LogP) is 2.12. The van der Waals surface area contributed by atoms with Crippen LogP contribution in [-0.4, -0.2) is 45.7 Å². The van der Waals surface area contributed by atoms with Gasteiger partial charge < -0.3 is 25.4 Å². The highest BCUT2D eigenvalue weighted by Gasteiger charge is 2.07. The first kappa shape index (κ1) is 19.3. The summed E-state index contributed by atoms with van der Waals surface area (Å²) >= 11 is 0. The molecular formula is C19H23N3O4. The predicted molar refractivity (Wildman–Crippen MR) is 101 cm³/mol. The minimum Gasteiger partial charge on any atom is -0.495 e. The number of para-hydroxylation sites is 2. The molecule has 0 unspecified atom stereocenters. The van der Waals surface area contributed by atoms with Gasteiger partial charge in [0, 0.05) is 24.9 Å². The van der Waals surface area contributed by atoms with Crippen molar-refractivity contribution in [3.05, 3.63) is 54.1 Å². The Morgan fingerprint density at radius 3 is 2.42 bits per heavy atom. The van der Waals surface area contributed by atoms with Crippen molar-refractivity contribution in [2.24, 2.45) is 0 Å². The Bertz CT molecular complexity index is 732. The number of amides is 2. The lowest BCUT2D eigenvalue weighted by Crippen LogP contribution is -2.27. The molecule has 2 amide bonds. The highest BCUT2D eigenvalue weighted by atomic mass is 16.5. The highest BCUT2D eigenvalue weighted by molar-refractivity contribution is 5.96. The standard InChI is InChI=1S/C19H23N3O4/c1-25-12-11-20-19(24)14-7-9-15(10-8-14)22-18(23)13-21-16-5-3-4-6-17(16)26-2/h3-10,21H,11-13H2,1-2H3,(H,20,24)(H,22,23). The second kappa shape index (κ2) is 10.0. The van der Waals surface area contributed by atoms with E-state index in [1.807, 2.05) is 24.3 Å². The Balaban J connectivity index is 1.84. The van der Waals surface area contributed by atoms with Crippen molar-refractivity contribution in [1.29, 1.82) is 0 Å². The number of methoxy groups -OCH3 is 2. The summed E-state index contributed by atoms with van der Waals surface area (Å²) in [5, 5.41) is 8.54. The van der Waals surface area contributed by atoms with E-state index in [-0.39, 0.29) is 18.4 Å². The summed E-state index contributed by atoms with van der Waals surface area (Å²) in [4.78, 5) is 24.0. The fourth-order valence-corrected chi connectivity index (χ4v) is 2.24. The summed E-state index contributed by atoms with van der Waals surface area (Å²) in [5.74, 6) is 0.287. The number of ether oxygens (including phenoxy) is 2. The number of carbonyl (C=O) groups excluding carboxylic acids is 2. The van der Waals surface area contributed by atoms with Gasteiger partial charge in [-0.25, -0.2) is 0 Å². The summed E-state index contributed by atoms with van der Waals surface area (Å²) in [6.07, 6.45) is 0. The van der Waals surface area contributed by atoms with Crippen LogP contribution in [0.1, 0.15) is 10.4 Å². The largest absolute Gasteiger partial charge is 0.495 e. The van der Waals surface area contributed by atoms with Gasteiger partial charge in [0.1, 0.15) is 5.75 Å². The van der Waals surface area contributed by atoms with Crippen molar-refractivity contribution < 1.29 is 19.1 Å². The number of carbonyl (C=O) groups is 2. The SMILES string of the molecule is COCCNC(=O)c1ccc(NC(=O)CNc2ccccc2OC)cc1. The van der Waals surface area contributed by atoms with E-state index in [2.05, 4.69) is 16.0 Å². The van der Waals surface area contributed by atoms with Gasteiger partial charge in [-0.3, -0.25) is 9.59 Å². The van der Waals surface area contributed by atoms with E-state index < -0.39 is 0 Å². The van der Waals surface area contributed by atoms with Crippen molar-refractivity contribution >= 4 is 23.2 Å². The first-order valence-electron chi connectivity index (χ1n) is 8.18. The topological polar surface area (TPSA) is 88.7 Å². The van der Waals surface area contributed by atoms with Gasteiger partial charge in [0.15, 0.2) is 0 Å². The van der Waals surface area contributed by atoms with Crippen LogP contribution in [0.2, 0.25) is 0 Å². The molecule has 0 aliphatic carbocycles. The average Bonchev–Trinajstić information content (AvgIpc) is 2.67. The van der Waals surface area contributed by atoms with E-state index in [0.29, 0.717) is 30.2 Å². The number of benzene rings is 2. The van der Waals surface area contributed by atoms with E-state index >= 15 is 0 Å². The third-order valence-electron chi connectivity index (χ3n) is 3.57. The molecule has 0 aromatic heterocycles. The highest BCUT2D eigenvalue weighted by Crippen LogP contribution is 2.22. The fourth-order valence-electron chi connectivity index (χ4n) is 2.24. The van der Waals surface area contributed by atoms with Gasteiger partial charge in [0.2, 0.25) is 5.91 Å². The smallest absolute Gasteiger partial charge is 0.251 e. The minimum atomic E-state index is -0.201. The molecule has 2 rings (SSSR count). The van der Waals surface area contributed by atoms with E-state index in [1.54, 1.807) is 38.5 Å². The summed E-state index contributed by atoms with van der Waals surface area (Å²) < 4.78 is 10.1. The first-order valence-corrected chi connectivity index (χ1v) is 8.18. The normalized spacial score (nSPS) is 10.1. The van der Waals surface area contributed by atoms with Crippen LogP contribution in [-0.2, 0) is 9.53 Å². The summed E-state index contributed by atoms with van der Waals surface area (Å²) in [6, 6.07) is 14.1. The lowest BCUT2D eigenvalue weighted by molar-refractivity contribution is -0.114. The van der Waals surface area contributed by atoms with Crippen LogP contribution in [0.5, 0.6) is 5.75 Å². The third kappa shape index (κ3) is 5.78. The molecule has 0 bridgehead atoms. The second-order valence-electron chi connectivity index (χ2n) is 5.43. The summed E-state index contributed by atoms with van der Waals surface area (Å²) in [6.45, 7) is 1.00. The maximum Gasteiger partial charge on any atom is 0.251 e. The van der Waals surface area contributed by atoms with Gasteiger partial charge in [-0.05, 0) is 36.4 Å². The third-order valence-corrected chi connectivity index (χ3v) is 3.57. The Morgan fingerprint density at radius 2 is 1.73 bits per heavy atom. The van der Waals surface area contributed by atoms with E-state index in [1.165, 1.54) is 0 Å². The van der Waals surface area contributed by atoms with Gasteiger partial charge in [-0.15, -0.1) is 0 Å². The zero-order chi connectivity index (χ0) is 18.8. The molecule has 0 saturated heterocycles. The Kier molecular flexibility index (Phi) is 7.45. The quantitative estimate of drug-likeness (QED) is 0.598. The lowest BCUT2D eigenvalue weighted by Gasteiger charge is -2.11. The number of hydrogen-bond acceptors (Lipinski definition) is 5. The van der Waals surface area contributed by atoms with E-state index in [4.69, 9.17) is 9.47 Å². The molecule has 0 fully saturated rings. The van der Waals surface area contributed by atoms with Crippen LogP contribution in [0.25, 0.3) is 0 Å². The maximum atomic E-state index is 12.1. The molecule has 7 heteroatoms. The summed E-state index contributed by atoms with van der Waals surface area (Å²) in [5.41, 5.74) is 1.88. The average molecular weight is 357 g/mol. The Hall–Kier alpha value is -3.06. The van der Waals surface area contributed by atoms with Crippen LogP contribution >= 0.6 is 0 Å². The molecule has 0 atom stereocenters. The Morgan fingerprint density at radius 1 is 1.00 bits per heavy atom. The number of hydrogen-bond donors (Lipinski definition) is 3. The molecule has 0 radical (unpaired) electrons. The van der Waals surface area contributed by atoms with Crippen molar-refractivity contribution in [2.45, 2.75) is 0 Å². The molecular weight excluding hydrogens is 334 g/mol. The van der Waals surface area contributed by atoms with Crippen molar-refractivity contribution in [3.8, 4) is 5.75 Å². The number of anilines is 2. The molecule has 2 aromatic carbocycles. The van der Waals surface area contributed by atoms with Crippen LogP contribution in [0.15, 0.2) is 48.5 Å². The van der Waals surface area contributed by atoms with Gasteiger partial charge in [0.25, 0.3) is 5.91 Å². The van der Waals surface area contributed by atoms with Crippen LogP contribution in [0.3, 0.4) is 0 Å². The van der Waals surface area contributed by atoms with E-state index in [0.717, 1.165) is 5.69 Å². The van der Waals surface area contributed by atoms with Gasteiger partial charge >= 0.3 is 0 Å². The molecule has 0 aliphatic heterocycles. The molecule has 3 N–H and O–H groups in total. The molecule has 0 aliphatic rings. The number of rotatable bonds is 9. The molecule has 2 aromatic rings. The molecule has 7 nitrogen and oxygen atoms in total. The Labute approximate surface area is 152 Å². The zero-order valence-corrected chi connectivity index (χ0v) is 14.9. The second-order valence-corrected chi connectivity index (χ2v) is 5.43. The molecule has 0 saturated carbocycles. The van der Waals surface area contributed by atoms with Crippen LogP contribution < -0.4 is 20.7 Å². The molecule has 26 heavy (non-hydrogen) atoms. The van der Waals surface area contributed by atoms with Gasteiger partial charge in [-0.1, -0.05) is 12.1 Å². The molecule has 138 valence electrons. The summed E-state index contributed by atoms with van der Waals surface area (Å²) in [7, 11) is 3.15. The molecule has 0 heterocycles. The van der Waals surface area contributed by atoms with Crippen molar-refractivity contribution in [1.82, 2.24) is 5.32 Å². The minimum absolute atomic E-state index is 0.0969. The van der Waals surface area contributed by atoms with Crippen molar-refractivity contribution in [2.75, 3.05) is 44.5 Å². The number of nitrogens with one attached hydrogen (secondary N) is 3. The van der Waals surface area contributed by atoms with Gasteiger partial charge in [-0.2, -0.15) is 0 Å². The molecule has 0 spiro atoms. The van der Waals surface area contributed by atoms with E-state index in [9.17, 15) is 9.59 Å². The monoisotopic (exact) mass is 357 g/mol. The van der Waals surface area contributed by atoms with Crippen LogP contribution in [0.4, 0.5) is 11.4 Å². The lowest BCUT2D eigenvalue weighted by atomic mass is 10.2. The zero-order valence-electron chi connectivity index (χ0n) is 14.9.